The van der Waals surface area contributed by atoms with Gasteiger partial charge in [-0.2, -0.15) is 0 Å². The molecule has 2 aliphatic rings. The maximum absolute atomic E-state index is 2.45. The van der Waals surface area contributed by atoms with Gasteiger partial charge in [-0.25, -0.2) is 0 Å². The van der Waals surface area contributed by atoms with Crippen LogP contribution in [-0.4, -0.2) is 0 Å². The standard InChI is InChI=1S/C52H39N/c1-51(2)47-30-34-14-9-8-13-33(34)28-45(47)46-29-35-18-21-39(27-37(35)31-48(46)51)53(38-15-6-5-7-16-38)40-22-25-42-36(26-40)20-24-44-43-23-19-32-12-10-11-17-41(32)49(43)52(3,4)50(42)44/h5-31H,1-4H3. The summed E-state index contributed by atoms with van der Waals surface area (Å²) in [5, 5.41) is 10.4. The van der Waals surface area contributed by atoms with Crippen LogP contribution in [0.1, 0.15) is 49.9 Å². The molecular weight excluding hydrogens is 639 g/mol. The van der Waals surface area contributed by atoms with Crippen LogP contribution in [0.5, 0.6) is 0 Å². The van der Waals surface area contributed by atoms with Gasteiger partial charge in [0, 0.05) is 27.9 Å². The van der Waals surface area contributed by atoms with Crippen LogP contribution < -0.4 is 4.90 Å². The molecule has 0 aromatic heterocycles. The minimum atomic E-state index is -0.121. The highest BCUT2D eigenvalue weighted by Crippen LogP contribution is 2.55. The lowest BCUT2D eigenvalue weighted by Gasteiger charge is -2.28. The maximum atomic E-state index is 2.45. The maximum Gasteiger partial charge on any atom is 0.0468 e. The number of anilines is 3. The zero-order valence-corrected chi connectivity index (χ0v) is 30.5. The van der Waals surface area contributed by atoms with Crippen molar-refractivity contribution in [2.24, 2.45) is 0 Å². The van der Waals surface area contributed by atoms with Crippen LogP contribution in [-0.2, 0) is 10.8 Å². The molecule has 2 aliphatic carbocycles. The number of para-hydroxylation sites is 1. The molecule has 0 radical (unpaired) electrons. The van der Waals surface area contributed by atoms with E-state index < -0.39 is 0 Å². The summed E-state index contributed by atoms with van der Waals surface area (Å²) in [5.41, 5.74) is 14.4. The molecule has 53 heavy (non-hydrogen) atoms. The summed E-state index contributed by atoms with van der Waals surface area (Å²) in [7, 11) is 0. The second-order valence-electron chi connectivity index (χ2n) is 16.2. The lowest BCUT2D eigenvalue weighted by Crippen LogP contribution is -2.16. The second-order valence-corrected chi connectivity index (χ2v) is 16.2. The Balaban J connectivity index is 1.05. The van der Waals surface area contributed by atoms with Crippen molar-refractivity contribution in [1.29, 1.82) is 0 Å². The SMILES string of the molecule is CC1(C)c2cc3ccccc3cc2-c2cc3ccc(N(c4ccccc4)c4ccc5c6c(ccc5c4)-c4ccc5ccccc5c4C6(C)C)cc3cc21. The first-order valence-corrected chi connectivity index (χ1v) is 18.8. The Kier molecular flexibility index (Phi) is 6.14. The molecule has 9 aromatic carbocycles. The minimum absolute atomic E-state index is 0.0870. The molecule has 0 spiro atoms. The lowest BCUT2D eigenvalue weighted by molar-refractivity contribution is 0.662. The molecule has 0 amide bonds. The Morgan fingerprint density at radius 3 is 1.51 bits per heavy atom. The topological polar surface area (TPSA) is 3.24 Å². The van der Waals surface area contributed by atoms with Crippen LogP contribution in [0.15, 0.2) is 164 Å². The molecule has 1 nitrogen and oxygen atoms in total. The van der Waals surface area contributed by atoms with Crippen LogP contribution >= 0.6 is 0 Å². The zero-order chi connectivity index (χ0) is 35.6. The highest BCUT2D eigenvalue weighted by molar-refractivity contribution is 6.05. The summed E-state index contributed by atoms with van der Waals surface area (Å²) in [5.74, 6) is 0. The van der Waals surface area contributed by atoms with Gasteiger partial charge in [0.15, 0.2) is 0 Å². The summed E-state index contributed by atoms with van der Waals surface area (Å²) < 4.78 is 0. The normalized spacial score (nSPS) is 14.7. The van der Waals surface area contributed by atoms with Crippen molar-refractivity contribution in [2.45, 2.75) is 38.5 Å². The van der Waals surface area contributed by atoms with Crippen molar-refractivity contribution in [3.8, 4) is 22.3 Å². The average Bonchev–Trinajstić information content (AvgIpc) is 3.55. The fourth-order valence-corrected chi connectivity index (χ4v) is 9.96. The van der Waals surface area contributed by atoms with Gasteiger partial charge in [0.25, 0.3) is 0 Å². The predicted octanol–water partition coefficient (Wildman–Crippen LogP) is 14.4. The third-order valence-electron chi connectivity index (χ3n) is 12.5. The first kappa shape index (κ1) is 30.4. The molecule has 0 saturated carbocycles. The van der Waals surface area contributed by atoms with Crippen LogP contribution in [0.25, 0.3) is 65.3 Å². The van der Waals surface area contributed by atoms with Gasteiger partial charge in [-0.15, -0.1) is 0 Å². The fourth-order valence-electron chi connectivity index (χ4n) is 9.96. The molecule has 252 valence electrons. The van der Waals surface area contributed by atoms with Gasteiger partial charge < -0.3 is 4.90 Å². The molecule has 11 rings (SSSR count). The average molecular weight is 678 g/mol. The van der Waals surface area contributed by atoms with E-state index in [9.17, 15) is 0 Å². The quantitative estimate of drug-likeness (QED) is 0.180. The third kappa shape index (κ3) is 4.25. The number of fused-ring (bicyclic) bond motifs is 12. The molecule has 0 heterocycles. The number of hydrogen-bond acceptors (Lipinski definition) is 1. The van der Waals surface area contributed by atoms with Crippen LogP contribution in [0, 0.1) is 0 Å². The molecule has 0 unspecified atom stereocenters. The Morgan fingerprint density at radius 2 is 0.811 bits per heavy atom. The largest absolute Gasteiger partial charge is 0.310 e. The molecule has 0 aliphatic heterocycles. The number of nitrogens with zero attached hydrogens (tertiary/aromatic N) is 1. The van der Waals surface area contributed by atoms with E-state index >= 15 is 0 Å². The number of hydrogen-bond donors (Lipinski definition) is 0. The number of rotatable bonds is 3. The Labute approximate surface area is 310 Å². The predicted molar refractivity (Wildman–Crippen MR) is 226 cm³/mol. The smallest absolute Gasteiger partial charge is 0.0468 e. The molecule has 0 fully saturated rings. The van der Waals surface area contributed by atoms with Gasteiger partial charge in [0.2, 0.25) is 0 Å². The van der Waals surface area contributed by atoms with Crippen molar-refractivity contribution in [3.05, 3.63) is 186 Å². The Morgan fingerprint density at radius 1 is 0.321 bits per heavy atom. The van der Waals surface area contributed by atoms with Crippen molar-refractivity contribution < 1.29 is 0 Å². The summed E-state index contributed by atoms with van der Waals surface area (Å²) >= 11 is 0. The molecule has 0 N–H and O–H groups in total. The van der Waals surface area contributed by atoms with Gasteiger partial charge in [0.1, 0.15) is 0 Å². The molecule has 9 aromatic rings. The van der Waals surface area contributed by atoms with Crippen LogP contribution in [0.4, 0.5) is 17.1 Å². The number of benzene rings is 9. The zero-order valence-electron chi connectivity index (χ0n) is 30.5. The van der Waals surface area contributed by atoms with Gasteiger partial charge in [-0.1, -0.05) is 131 Å². The van der Waals surface area contributed by atoms with Crippen molar-refractivity contribution >= 4 is 60.2 Å². The van der Waals surface area contributed by atoms with E-state index in [2.05, 4.69) is 196 Å². The summed E-state index contributed by atoms with van der Waals surface area (Å²) in [4.78, 5) is 2.42. The summed E-state index contributed by atoms with van der Waals surface area (Å²) in [6, 6.07) is 61.4. The van der Waals surface area contributed by atoms with Crippen molar-refractivity contribution in [1.82, 2.24) is 0 Å². The molecule has 0 bridgehead atoms. The van der Waals surface area contributed by atoms with E-state index in [4.69, 9.17) is 0 Å². The fraction of sp³-hybridized carbons (Fsp3) is 0.115. The summed E-state index contributed by atoms with van der Waals surface area (Å²) in [6.07, 6.45) is 0. The Hall–Kier alpha value is -6.18. The first-order chi connectivity index (χ1) is 25.8. The monoisotopic (exact) mass is 677 g/mol. The van der Waals surface area contributed by atoms with Crippen LogP contribution in [0.2, 0.25) is 0 Å². The van der Waals surface area contributed by atoms with Crippen molar-refractivity contribution in [2.75, 3.05) is 4.90 Å². The van der Waals surface area contributed by atoms with E-state index in [1.54, 1.807) is 0 Å². The molecule has 0 saturated heterocycles. The minimum Gasteiger partial charge on any atom is -0.310 e. The first-order valence-electron chi connectivity index (χ1n) is 18.8. The highest BCUT2D eigenvalue weighted by atomic mass is 15.1. The summed E-state index contributed by atoms with van der Waals surface area (Å²) in [6.45, 7) is 9.57. The van der Waals surface area contributed by atoms with E-state index in [1.807, 2.05) is 0 Å². The van der Waals surface area contributed by atoms with Gasteiger partial charge >= 0.3 is 0 Å². The third-order valence-corrected chi connectivity index (χ3v) is 12.5. The Bertz CT molecular complexity index is 3000. The van der Waals surface area contributed by atoms with Crippen molar-refractivity contribution in [3.63, 3.8) is 0 Å². The molecule has 1 heteroatoms. The molecular formula is C52H39N. The van der Waals surface area contributed by atoms with E-state index in [1.165, 1.54) is 87.6 Å². The highest BCUT2D eigenvalue weighted by Gasteiger charge is 2.39. The lowest BCUT2D eigenvalue weighted by atomic mass is 9.78. The van der Waals surface area contributed by atoms with Gasteiger partial charge in [0.05, 0.1) is 0 Å². The van der Waals surface area contributed by atoms with E-state index in [0.717, 1.165) is 17.1 Å². The van der Waals surface area contributed by atoms with Gasteiger partial charge in [-0.05, 0) is 148 Å². The van der Waals surface area contributed by atoms with Gasteiger partial charge in [-0.3, -0.25) is 0 Å². The molecule has 0 atom stereocenters. The van der Waals surface area contributed by atoms with E-state index in [-0.39, 0.29) is 10.8 Å². The van der Waals surface area contributed by atoms with E-state index in [0.29, 0.717) is 0 Å². The second kappa shape index (κ2) is 10.7. The van der Waals surface area contributed by atoms with Crippen LogP contribution in [0.3, 0.4) is 0 Å².